The van der Waals surface area contributed by atoms with E-state index >= 15 is 0 Å². The van der Waals surface area contributed by atoms with Crippen LogP contribution in [0.2, 0.25) is 0 Å². The molecule has 0 amide bonds. The zero-order valence-corrected chi connectivity index (χ0v) is 12.4. The number of aromatic nitrogens is 1. The van der Waals surface area contributed by atoms with Crippen molar-refractivity contribution in [1.29, 1.82) is 0 Å². The lowest BCUT2D eigenvalue weighted by molar-refractivity contribution is 0.578. The summed E-state index contributed by atoms with van der Waals surface area (Å²) in [5, 5.41) is 4.44. The SMILES string of the molecule is CNCc1nc2ccc(N3CCCCC3)cc2cc1C. The summed E-state index contributed by atoms with van der Waals surface area (Å²) in [5.41, 5.74) is 4.86. The number of rotatable bonds is 3. The number of anilines is 1. The first-order valence-corrected chi connectivity index (χ1v) is 7.58. The lowest BCUT2D eigenvalue weighted by atomic mass is 10.1. The number of aryl methyl sites for hydroxylation is 1. The fraction of sp³-hybridized carbons (Fsp3) is 0.471. The maximum Gasteiger partial charge on any atom is 0.0707 e. The van der Waals surface area contributed by atoms with E-state index in [-0.39, 0.29) is 0 Å². The fourth-order valence-corrected chi connectivity index (χ4v) is 3.00. The normalized spacial score (nSPS) is 15.8. The second-order valence-electron chi connectivity index (χ2n) is 5.71. The van der Waals surface area contributed by atoms with Crippen molar-refractivity contribution in [3.05, 3.63) is 35.5 Å². The van der Waals surface area contributed by atoms with Gasteiger partial charge in [-0.15, -0.1) is 0 Å². The molecule has 1 aliphatic heterocycles. The van der Waals surface area contributed by atoms with Crippen molar-refractivity contribution in [2.75, 3.05) is 25.0 Å². The molecule has 3 rings (SSSR count). The van der Waals surface area contributed by atoms with E-state index in [1.54, 1.807) is 0 Å². The zero-order chi connectivity index (χ0) is 13.9. The molecule has 1 saturated heterocycles. The quantitative estimate of drug-likeness (QED) is 0.927. The molecule has 0 radical (unpaired) electrons. The lowest BCUT2D eigenvalue weighted by Gasteiger charge is -2.29. The Morgan fingerprint density at radius 2 is 1.95 bits per heavy atom. The average Bonchev–Trinajstić information content (AvgIpc) is 2.49. The summed E-state index contributed by atoms with van der Waals surface area (Å²) < 4.78 is 0. The van der Waals surface area contributed by atoms with Crippen LogP contribution in [0.5, 0.6) is 0 Å². The summed E-state index contributed by atoms with van der Waals surface area (Å²) in [6, 6.07) is 8.95. The van der Waals surface area contributed by atoms with Crippen LogP contribution in [-0.4, -0.2) is 25.1 Å². The Bertz CT molecular complexity index is 600. The summed E-state index contributed by atoms with van der Waals surface area (Å²) in [6.07, 6.45) is 4.00. The standard InChI is InChI=1S/C17H23N3/c1-13-10-14-11-15(20-8-4-3-5-9-20)6-7-16(14)19-17(13)12-18-2/h6-7,10-11,18H,3-5,8-9,12H2,1-2H3. The molecule has 3 heteroatoms. The van der Waals surface area contributed by atoms with Gasteiger partial charge in [0.1, 0.15) is 0 Å². The molecule has 106 valence electrons. The van der Waals surface area contributed by atoms with E-state index in [9.17, 15) is 0 Å². The molecule has 0 unspecified atom stereocenters. The van der Waals surface area contributed by atoms with Crippen LogP contribution in [0, 0.1) is 6.92 Å². The third-order valence-electron chi connectivity index (χ3n) is 4.16. The number of nitrogens with one attached hydrogen (secondary N) is 1. The minimum Gasteiger partial charge on any atom is -0.372 e. The fourth-order valence-electron chi connectivity index (χ4n) is 3.00. The molecule has 2 heterocycles. The highest BCUT2D eigenvalue weighted by Gasteiger charge is 2.12. The van der Waals surface area contributed by atoms with Gasteiger partial charge in [-0.1, -0.05) is 0 Å². The van der Waals surface area contributed by atoms with Gasteiger partial charge in [-0.2, -0.15) is 0 Å². The molecule has 0 bridgehead atoms. The molecule has 0 spiro atoms. The minimum atomic E-state index is 0.829. The highest BCUT2D eigenvalue weighted by molar-refractivity contribution is 5.83. The summed E-state index contributed by atoms with van der Waals surface area (Å²) in [6.45, 7) is 5.36. The number of benzene rings is 1. The van der Waals surface area contributed by atoms with Crippen molar-refractivity contribution >= 4 is 16.6 Å². The van der Waals surface area contributed by atoms with Crippen LogP contribution in [-0.2, 0) is 6.54 Å². The van der Waals surface area contributed by atoms with E-state index < -0.39 is 0 Å². The summed E-state index contributed by atoms with van der Waals surface area (Å²) in [7, 11) is 1.96. The number of fused-ring (bicyclic) bond motifs is 1. The van der Waals surface area contributed by atoms with Crippen molar-refractivity contribution in [3.63, 3.8) is 0 Å². The van der Waals surface area contributed by atoms with E-state index in [0.29, 0.717) is 0 Å². The van der Waals surface area contributed by atoms with Gasteiger partial charge in [0.25, 0.3) is 0 Å². The van der Waals surface area contributed by atoms with E-state index in [4.69, 9.17) is 4.98 Å². The van der Waals surface area contributed by atoms with E-state index in [1.165, 1.54) is 49.0 Å². The monoisotopic (exact) mass is 269 g/mol. The second-order valence-corrected chi connectivity index (χ2v) is 5.71. The molecule has 3 nitrogen and oxygen atoms in total. The number of piperidine rings is 1. The summed E-state index contributed by atoms with van der Waals surface area (Å²) in [5.74, 6) is 0. The average molecular weight is 269 g/mol. The first-order valence-electron chi connectivity index (χ1n) is 7.58. The van der Waals surface area contributed by atoms with Gasteiger partial charge in [0.2, 0.25) is 0 Å². The first-order chi connectivity index (χ1) is 9.78. The van der Waals surface area contributed by atoms with Crippen LogP contribution in [0.3, 0.4) is 0 Å². The third kappa shape index (κ3) is 2.63. The van der Waals surface area contributed by atoms with Crippen molar-refractivity contribution in [2.45, 2.75) is 32.7 Å². The predicted molar refractivity (Wildman–Crippen MR) is 85.3 cm³/mol. The Balaban J connectivity index is 1.96. The Hall–Kier alpha value is -1.61. The van der Waals surface area contributed by atoms with Crippen LogP contribution in [0.15, 0.2) is 24.3 Å². The Morgan fingerprint density at radius 3 is 2.70 bits per heavy atom. The van der Waals surface area contributed by atoms with Crippen molar-refractivity contribution in [2.24, 2.45) is 0 Å². The van der Waals surface area contributed by atoms with Crippen molar-refractivity contribution in [3.8, 4) is 0 Å². The molecular formula is C17H23N3. The van der Waals surface area contributed by atoms with Crippen LogP contribution in [0.25, 0.3) is 10.9 Å². The lowest BCUT2D eigenvalue weighted by Crippen LogP contribution is -2.29. The minimum absolute atomic E-state index is 0.829. The molecule has 1 aliphatic rings. The molecule has 2 aromatic rings. The van der Waals surface area contributed by atoms with Crippen LogP contribution in [0.4, 0.5) is 5.69 Å². The van der Waals surface area contributed by atoms with Crippen molar-refractivity contribution < 1.29 is 0 Å². The number of nitrogens with zero attached hydrogens (tertiary/aromatic N) is 2. The largest absolute Gasteiger partial charge is 0.372 e. The Morgan fingerprint density at radius 1 is 1.15 bits per heavy atom. The van der Waals surface area contributed by atoms with E-state index in [1.807, 2.05) is 7.05 Å². The first kappa shape index (κ1) is 13.4. The smallest absolute Gasteiger partial charge is 0.0707 e. The molecular weight excluding hydrogens is 246 g/mol. The van der Waals surface area contributed by atoms with Gasteiger partial charge in [-0.25, -0.2) is 0 Å². The zero-order valence-electron chi connectivity index (χ0n) is 12.4. The van der Waals surface area contributed by atoms with Gasteiger partial charge >= 0.3 is 0 Å². The van der Waals surface area contributed by atoms with Crippen LogP contribution < -0.4 is 10.2 Å². The Kier molecular flexibility index (Phi) is 3.88. The summed E-state index contributed by atoms with van der Waals surface area (Å²) >= 11 is 0. The molecule has 1 N–H and O–H groups in total. The van der Waals surface area contributed by atoms with Crippen LogP contribution in [0.1, 0.15) is 30.5 Å². The van der Waals surface area contributed by atoms with Gasteiger partial charge in [-0.3, -0.25) is 4.98 Å². The third-order valence-corrected chi connectivity index (χ3v) is 4.16. The van der Waals surface area contributed by atoms with Crippen LogP contribution >= 0.6 is 0 Å². The van der Waals surface area contributed by atoms with Gasteiger partial charge < -0.3 is 10.2 Å². The maximum absolute atomic E-state index is 4.77. The topological polar surface area (TPSA) is 28.2 Å². The number of hydrogen-bond donors (Lipinski definition) is 1. The molecule has 0 atom stereocenters. The Labute approximate surface area is 121 Å². The van der Waals surface area contributed by atoms with Gasteiger partial charge in [0.15, 0.2) is 0 Å². The molecule has 1 fully saturated rings. The number of pyridine rings is 1. The second kappa shape index (κ2) is 5.80. The highest BCUT2D eigenvalue weighted by atomic mass is 15.1. The maximum atomic E-state index is 4.77. The molecule has 20 heavy (non-hydrogen) atoms. The van der Waals surface area contributed by atoms with E-state index in [0.717, 1.165) is 17.8 Å². The highest BCUT2D eigenvalue weighted by Crippen LogP contribution is 2.25. The van der Waals surface area contributed by atoms with Gasteiger partial charge in [0, 0.05) is 30.7 Å². The predicted octanol–water partition coefficient (Wildman–Crippen LogP) is 3.25. The molecule has 0 saturated carbocycles. The molecule has 0 aliphatic carbocycles. The van der Waals surface area contributed by atoms with Gasteiger partial charge in [-0.05, 0) is 63.1 Å². The number of hydrogen-bond acceptors (Lipinski definition) is 3. The summed E-state index contributed by atoms with van der Waals surface area (Å²) in [4.78, 5) is 7.27. The van der Waals surface area contributed by atoms with Crippen molar-refractivity contribution in [1.82, 2.24) is 10.3 Å². The van der Waals surface area contributed by atoms with E-state index in [2.05, 4.69) is 41.4 Å². The molecule has 1 aromatic heterocycles. The molecule has 1 aromatic carbocycles. The van der Waals surface area contributed by atoms with Gasteiger partial charge in [0.05, 0.1) is 11.2 Å².